The first-order valence-corrected chi connectivity index (χ1v) is 7.45. The molecule has 0 radical (unpaired) electrons. The molecule has 98 valence electrons. The molecule has 17 heavy (non-hydrogen) atoms. The standard InChI is InChI=1S/C10H17NO5S/c12-10(13)9-4-1-5-11(9)17(14,15)7-8-3-2-6-16-8/h8-9H,1-7H2,(H,12,13). The Kier molecular flexibility index (Phi) is 3.70. The third kappa shape index (κ3) is 2.78. The molecule has 1 N–H and O–H groups in total. The van der Waals surface area contributed by atoms with E-state index in [4.69, 9.17) is 9.84 Å². The van der Waals surface area contributed by atoms with Crippen molar-refractivity contribution in [2.75, 3.05) is 18.9 Å². The molecule has 2 atom stereocenters. The molecule has 0 saturated carbocycles. The lowest BCUT2D eigenvalue weighted by Gasteiger charge is -2.22. The minimum absolute atomic E-state index is 0.0865. The zero-order chi connectivity index (χ0) is 12.5. The van der Waals surface area contributed by atoms with Crippen LogP contribution < -0.4 is 0 Å². The molecular formula is C10H17NO5S. The van der Waals surface area contributed by atoms with Crippen LogP contribution in [0.3, 0.4) is 0 Å². The van der Waals surface area contributed by atoms with Crippen LogP contribution in [0.2, 0.25) is 0 Å². The van der Waals surface area contributed by atoms with Crippen molar-refractivity contribution in [3.63, 3.8) is 0 Å². The Labute approximate surface area is 101 Å². The molecule has 7 heteroatoms. The van der Waals surface area contributed by atoms with Gasteiger partial charge in [0.2, 0.25) is 10.0 Å². The summed E-state index contributed by atoms with van der Waals surface area (Å²) in [7, 11) is -3.51. The number of rotatable bonds is 4. The summed E-state index contributed by atoms with van der Waals surface area (Å²) in [6.45, 7) is 0.911. The largest absolute Gasteiger partial charge is 0.480 e. The van der Waals surface area contributed by atoms with E-state index >= 15 is 0 Å². The highest BCUT2D eigenvalue weighted by Crippen LogP contribution is 2.24. The highest BCUT2D eigenvalue weighted by Gasteiger charge is 2.39. The van der Waals surface area contributed by atoms with Gasteiger partial charge in [0.1, 0.15) is 6.04 Å². The van der Waals surface area contributed by atoms with Crippen LogP contribution in [0.15, 0.2) is 0 Å². The Bertz CT molecular complexity index is 388. The summed E-state index contributed by atoms with van der Waals surface area (Å²) in [5, 5.41) is 8.97. The minimum Gasteiger partial charge on any atom is -0.480 e. The maximum atomic E-state index is 12.1. The van der Waals surface area contributed by atoms with Crippen molar-refractivity contribution in [2.24, 2.45) is 0 Å². The molecule has 0 spiro atoms. The second-order valence-corrected chi connectivity index (χ2v) is 6.49. The van der Waals surface area contributed by atoms with Crippen LogP contribution in [0, 0.1) is 0 Å². The van der Waals surface area contributed by atoms with Crippen molar-refractivity contribution >= 4 is 16.0 Å². The van der Waals surface area contributed by atoms with Crippen LogP contribution in [0.4, 0.5) is 0 Å². The molecule has 0 aromatic carbocycles. The second kappa shape index (κ2) is 4.91. The zero-order valence-corrected chi connectivity index (χ0v) is 10.4. The molecule has 2 saturated heterocycles. The second-order valence-electron chi connectivity index (χ2n) is 4.52. The number of ether oxygens (including phenoxy) is 1. The van der Waals surface area contributed by atoms with Gasteiger partial charge in [-0.2, -0.15) is 4.31 Å². The molecule has 2 unspecified atom stereocenters. The summed E-state index contributed by atoms with van der Waals surface area (Å²) in [5.74, 6) is -1.14. The molecule has 2 aliphatic rings. The van der Waals surface area contributed by atoms with Gasteiger partial charge in [-0.15, -0.1) is 0 Å². The topological polar surface area (TPSA) is 83.9 Å². The summed E-state index contributed by atoms with van der Waals surface area (Å²) >= 11 is 0. The van der Waals surface area contributed by atoms with Crippen molar-refractivity contribution in [2.45, 2.75) is 37.8 Å². The Hall–Kier alpha value is -0.660. The van der Waals surface area contributed by atoms with E-state index in [2.05, 4.69) is 0 Å². The van der Waals surface area contributed by atoms with E-state index in [0.717, 1.165) is 17.1 Å². The highest BCUT2D eigenvalue weighted by molar-refractivity contribution is 7.89. The lowest BCUT2D eigenvalue weighted by atomic mass is 10.2. The van der Waals surface area contributed by atoms with Gasteiger partial charge in [0.25, 0.3) is 0 Å². The first-order chi connectivity index (χ1) is 8.00. The van der Waals surface area contributed by atoms with Crippen molar-refractivity contribution in [3.05, 3.63) is 0 Å². The Morgan fingerprint density at radius 1 is 1.35 bits per heavy atom. The summed E-state index contributed by atoms with van der Waals surface area (Å²) in [4.78, 5) is 11.0. The van der Waals surface area contributed by atoms with Crippen LogP contribution in [0.5, 0.6) is 0 Å². The first-order valence-electron chi connectivity index (χ1n) is 5.84. The number of hydrogen-bond donors (Lipinski definition) is 1. The van der Waals surface area contributed by atoms with Crippen molar-refractivity contribution < 1.29 is 23.1 Å². The summed E-state index contributed by atoms with van der Waals surface area (Å²) in [6, 6.07) is -0.888. The molecular weight excluding hydrogens is 246 g/mol. The molecule has 0 aromatic heterocycles. The van der Waals surface area contributed by atoms with Crippen LogP contribution in [0.25, 0.3) is 0 Å². The van der Waals surface area contributed by atoms with E-state index in [1.807, 2.05) is 0 Å². The third-order valence-electron chi connectivity index (χ3n) is 3.27. The van der Waals surface area contributed by atoms with E-state index < -0.39 is 22.0 Å². The molecule has 2 heterocycles. The molecule has 0 aromatic rings. The number of sulfonamides is 1. The number of carbonyl (C=O) groups is 1. The Morgan fingerprint density at radius 2 is 2.12 bits per heavy atom. The SMILES string of the molecule is O=C(O)C1CCCN1S(=O)(=O)CC1CCCO1. The lowest BCUT2D eigenvalue weighted by Crippen LogP contribution is -2.43. The molecule has 2 fully saturated rings. The van der Waals surface area contributed by atoms with Crippen LogP contribution in [-0.4, -0.2) is 54.8 Å². The van der Waals surface area contributed by atoms with Crippen LogP contribution >= 0.6 is 0 Å². The van der Waals surface area contributed by atoms with Gasteiger partial charge in [0.15, 0.2) is 0 Å². The maximum Gasteiger partial charge on any atom is 0.322 e. The predicted molar refractivity (Wildman–Crippen MR) is 60.1 cm³/mol. The number of carboxylic acid groups (broad SMARTS) is 1. The molecule has 0 bridgehead atoms. The van der Waals surface area contributed by atoms with Crippen LogP contribution in [0.1, 0.15) is 25.7 Å². The Balaban J connectivity index is 2.06. The van der Waals surface area contributed by atoms with E-state index in [1.165, 1.54) is 0 Å². The molecule has 2 rings (SSSR count). The van der Waals surface area contributed by atoms with Gasteiger partial charge in [-0.25, -0.2) is 8.42 Å². The molecule has 2 aliphatic heterocycles. The van der Waals surface area contributed by atoms with E-state index in [0.29, 0.717) is 26.0 Å². The van der Waals surface area contributed by atoms with Gasteiger partial charge in [-0.3, -0.25) is 4.79 Å². The van der Waals surface area contributed by atoms with Gasteiger partial charge >= 0.3 is 5.97 Å². The van der Waals surface area contributed by atoms with Gasteiger partial charge in [-0.1, -0.05) is 0 Å². The number of aliphatic carboxylic acids is 1. The molecule has 0 amide bonds. The van der Waals surface area contributed by atoms with Crippen LogP contribution in [-0.2, 0) is 19.6 Å². The fraction of sp³-hybridized carbons (Fsp3) is 0.900. The van der Waals surface area contributed by atoms with Gasteiger partial charge < -0.3 is 9.84 Å². The van der Waals surface area contributed by atoms with Gasteiger partial charge in [-0.05, 0) is 25.7 Å². The lowest BCUT2D eigenvalue weighted by molar-refractivity contribution is -0.140. The Morgan fingerprint density at radius 3 is 2.71 bits per heavy atom. The zero-order valence-electron chi connectivity index (χ0n) is 9.54. The fourth-order valence-corrected chi connectivity index (χ4v) is 4.34. The molecule has 0 aliphatic carbocycles. The summed E-state index contributed by atoms with van der Waals surface area (Å²) in [6.07, 6.45) is 2.37. The predicted octanol–water partition coefficient (Wildman–Crippen LogP) is 0.0442. The normalized spacial score (nSPS) is 30.8. The average molecular weight is 263 g/mol. The van der Waals surface area contributed by atoms with E-state index in [-0.39, 0.29) is 11.9 Å². The fourth-order valence-electron chi connectivity index (χ4n) is 2.43. The van der Waals surface area contributed by atoms with E-state index in [9.17, 15) is 13.2 Å². The minimum atomic E-state index is -3.51. The van der Waals surface area contributed by atoms with Crippen molar-refractivity contribution in [1.82, 2.24) is 4.31 Å². The summed E-state index contributed by atoms with van der Waals surface area (Å²) < 4.78 is 30.6. The quantitative estimate of drug-likeness (QED) is 0.774. The monoisotopic (exact) mass is 263 g/mol. The number of hydrogen-bond acceptors (Lipinski definition) is 4. The van der Waals surface area contributed by atoms with Crippen molar-refractivity contribution in [3.8, 4) is 0 Å². The smallest absolute Gasteiger partial charge is 0.322 e. The van der Waals surface area contributed by atoms with E-state index in [1.54, 1.807) is 0 Å². The van der Waals surface area contributed by atoms with Crippen molar-refractivity contribution in [1.29, 1.82) is 0 Å². The highest BCUT2D eigenvalue weighted by atomic mass is 32.2. The number of nitrogens with zero attached hydrogens (tertiary/aromatic N) is 1. The third-order valence-corrected chi connectivity index (χ3v) is 5.21. The molecule has 6 nitrogen and oxygen atoms in total. The van der Waals surface area contributed by atoms with Gasteiger partial charge in [0.05, 0.1) is 11.9 Å². The van der Waals surface area contributed by atoms with Gasteiger partial charge in [0, 0.05) is 13.2 Å². The number of carboxylic acids is 1. The first kappa shape index (κ1) is 12.8. The summed E-state index contributed by atoms with van der Waals surface area (Å²) in [5.41, 5.74) is 0. The maximum absolute atomic E-state index is 12.1. The average Bonchev–Trinajstić information content (AvgIpc) is 2.84.